The molecule has 0 bridgehead atoms. The Morgan fingerprint density at radius 2 is 1.54 bits per heavy atom. The highest BCUT2D eigenvalue weighted by Gasteiger charge is 2.38. The average Bonchev–Trinajstić information content (AvgIpc) is 3.49. The number of alkyl halides is 3. The number of carbonyl (C=O) groups is 2. The van der Waals surface area contributed by atoms with E-state index >= 15 is 0 Å². The van der Waals surface area contributed by atoms with Gasteiger partial charge in [0.2, 0.25) is 11.6 Å². The maximum Gasteiger partial charge on any atom is 0.490 e. The van der Waals surface area contributed by atoms with E-state index in [9.17, 15) is 18.0 Å². The largest absolute Gasteiger partial charge is 0.493 e. The lowest BCUT2D eigenvalue weighted by Gasteiger charge is -2.18. The molecular formula is C27H23F3N6O5. The minimum Gasteiger partial charge on any atom is -0.493 e. The number of methoxy groups -OCH3 is 2. The fourth-order valence-electron chi connectivity index (χ4n) is 4.20. The van der Waals surface area contributed by atoms with Crippen LogP contribution in [0, 0.1) is 0 Å². The normalized spacial score (nSPS) is 11.1. The molecule has 0 aliphatic rings. The molecule has 0 aliphatic heterocycles. The van der Waals surface area contributed by atoms with Gasteiger partial charge in [-0.15, -0.1) is 10.2 Å². The highest BCUT2D eigenvalue weighted by molar-refractivity contribution is 6.22. The van der Waals surface area contributed by atoms with Crippen molar-refractivity contribution in [2.24, 2.45) is 0 Å². The zero-order valence-corrected chi connectivity index (χ0v) is 22.1. The Labute approximate surface area is 230 Å². The standard InChI is InChI=1S/C25H22N6O3.C2HF3O2/c1-31(2)20-10-9-16(14-7-5-6-8-15(14)20)24(32)23-18-12-22(34-4)21(33-3)11-17(18)19(13-26-23)25-27-29-30-28-25;3-2(4,5)1(6)7/h5-13H,1-4H3,(H,27,28,29,30);(H,6,7). The van der Waals surface area contributed by atoms with Crippen LogP contribution in [0.3, 0.4) is 0 Å². The van der Waals surface area contributed by atoms with Gasteiger partial charge in [-0.1, -0.05) is 24.3 Å². The number of tetrazole rings is 1. The van der Waals surface area contributed by atoms with Crippen LogP contribution in [0.4, 0.5) is 18.9 Å². The first-order valence-corrected chi connectivity index (χ1v) is 11.8. The molecule has 0 aliphatic carbocycles. The van der Waals surface area contributed by atoms with Gasteiger partial charge in [0.05, 0.1) is 14.2 Å². The SMILES string of the molecule is COc1cc2c(-c3nn[nH]n3)cnc(C(=O)c3ccc(N(C)C)c4ccccc34)c2cc1OC.O=C(O)C(F)(F)F. The highest BCUT2D eigenvalue weighted by atomic mass is 19.4. The summed E-state index contributed by atoms with van der Waals surface area (Å²) in [6.07, 6.45) is -3.50. The molecule has 41 heavy (non-hydrogen) atoms. The monoisotopic (exact) mass is 568 g/mol. The van der Waals surface area contributed by atoms with E-state index in [0.717, 1.165) is 16.5 Å². The number of carbonyl (C=O) groups excluding carboxylic acids is 1. The molecule has 212 valence electrons. The molecule has 0 unspecified atom stereocenters. The van der Waals surface area contributed by atoms with E-state index in [-0.39, 0.29) is 5.78 Å². The fourth-order valence-corrected chi connectivity index (χ4v) is 4.20. The van der Waals surface area contributed by atoms with Gasteiger partial charge in [0.1, 0.15) is 5.69 Å². The summed E-state index contributed by atoms with van der Waals surface area (Å²) in [5, 5.41) is 24.6. The second kappa shape index (κ2) is 11.5. The van der Waals surface area contributed by atoms with Gasteiger partial charge in [-0.2, -0.15) is 18.4 Å². The zero-order chi connectivity index (χ0) is 29.9. The van der Waals surface area contributed by atoms with Crippen LogP contribution in [0.2, 0.25) is 0 Å². The molecule has 2 N–H and O–H groups in total. The Morgan fingerprint density at radius 1 is 0.927 bits per heavy atom. The second-order valence-electron chi connectivity index (χ2n) is 8.71. The van der Waals surface area contributed by atoms with E-state index in [0.29, 0.717) is 44.9 Å². The number of benzene rings is 3. The molecule has 5 rings (SSSR count). The predicted molar refractivity (Wildman–Crippen MR) is 143 cm³/mol. The van der Waals surface area contributed by atoms with Gasteiger partial charge in [-0.05, 0) is 34.9 Å². The first-order valence-electron chi connectivity index (χ1n) is 11.8. The van der Waals surface area contributed by atoms with Crippen LogP contribution >= 0.6 is 0 Å². The van der Waals surface area contributed by atoms with Crippen molar-refractivity contribution in [3.05, 3.63) is 66.0 Å². The van der Waals surface area contributed by atoms with Gasteiger partial charge in [0, 0.05) is 53.3 Å². The molecule has 14 heteroatoms. The molecule has 0 saturated carbocycles. The van der Waals surface area contributed by atoms with Gasteiger partial charge in [0.25, 0.3) is 0 Å². The number of fused-ring (bicyclic) bond motifs is 2. The Kier molecular flexibility index (Phi) is 8.03. The third-order valence-electron chi connectivity index (χ3n) is 6.06. The van der Waals surface area contributed by atoms with E-state index in [1.807, 2.05) is 55.4 Å². The van der Waals surface area contributed by atoms with Gasteiger partial charge in [0.15, 0.2) is 11.5 Å². The summed E-state index contributed by atoms with van der Waals surface area (Å²) in [7, 11) is 7.07. The van der Waals surface area contributed by atoms with E-state index in [1.165, 1.54) is 0 Å². The summed E-state index contributed by atoms with van der Waals surface area (Å²) in [4.78, 5) is 29.4. The fraction of sp³-hybridized carbons (Fsp3) is 0.185. The minimum atomic E-state index is -5.08. The molecule has 11 nitrogen and oxygen atoms in total. The molecule has 0 saturated heterocycles. The van der Waals surface area contributed by atoms with Crippen molar-refractivity contribution in [2.45, 2.75) is 6.18 Å². The topological polar surface area (TPSA) is 143 Å². The van der Waals surface area contributed by atoms with E-state index in [4.69, 9.17) is 19.4 Å². The summed E-state index contributed by atoms with van der Waals surface area (Å²) in [5.41, 5.74) is 2.51. The number of H-pyrrole nitrogens is 1. The van der Waals surface area contributed by atoms with E-state index < -0.39 is 12.1 Å². The number of anilines is 1. The number of nitrogens with zero attached hydrogens (tertiary/aromatic N) is 5. The molecule has 5 aromatic rings. The number of hydrogen-bond donors (Lipinski definition) is 2. The Bertz CT molecular complexity index is 1740. The van der Waals surface area contributed by atoms with Crippen molar-refractivity contribution in [2.75, 3.05) is 33.2 Å². The third kappa shape index (κ3) is 5.71. The second-order valence-corrected chi connectivity index (χ2v) is 8.71. The van der Waals surface area contributed by atoms with E-state index in [1.54, 1.807) is 32.5 Å². The van der Waals surface area contributed by atoms with Crippen molar-refractivity contribution in [1.82, 2.24) is 25.6 Å². The van der Waals surface area contributed by atoms with Crippen LogP contribution in [-0.4, -0.2) is 77.0 Å². The zero-order valence-electron chi connectivity index (χ0n) is 22.1. The van der Waals surface area contributed by atoms with Gasteiger partial charge < -0.3 is 19.5 Å². The average molecular weight is 569 g/mol. The van der Waals surface area contributed by atoms with Crippen LogP contribution in [-0.2, 0) is 4.79 Å². The minimum absolute atomic E-state index is 0.196. The number of carboxylic acids is 1. The maximum atomic E-state index is 13.9. The summed E-state index contributed by atoms with van der Waals surface area (Å²) in [6, 6.07) is 15.2. The summed E-state index contributed by atoms with van der Waals surface area (Å²) in [5.74, 6) is -1.58. The molecule has 2 heterocycles. The van der Waals surface area contributed by atoms with Crippen LogP contribution in [0.1, 0.15) is 16.1 Å². The Hall–Kier alpha value is -5.27. The van der Waals surface area contributed by atoms with Crippen molar-refractivity contribution in [3.8, 4) is 22.9 Å². The lowest BCUT2D eigenvalue weighted by Crippen LogP contribution is -2.21. The molecular weight excluding hydrogens is 545 g/mol. The first kappa shape index (κ1) is 28.7. The molecule has 0 fully saturated rings. The van der Waals surface area contributed by atoms with Crippen molar-refractivity contribution in [3.63, 3.8) is 0 Å². The van der Waals surface area contributed by atoms with Gasteiger partial charge in [-0.3, -0.25) is 9.78 Å². The lowest BCUT2D eigenvalue weighted by molar-refractivity contribution is -0.192. The smallest absolute Gasteiger partial charge is 0.490 e. The van der Waals surface area contributed by atoms with Gasteiger partial charge >= 0.3 is 12.1 Å². The quantitative estimate of drug-likeness (QED) is 0.281. The Balaban J connectivity index is 0.000000493. The van der Waals surface area contributed by atoms with Crippen molar-refractivity contribution in [1.29, 1.82) is 0 Å². The summed E-state index contributed by atoms with van der Waals surface area (Å²) >= 11 is 0. The first-order chi connectivity index (χ1) is 19.5. The van der Waals surface area contributed by atoms with E-state index in [2.05, 4.69) is 25.6 Å². The van der Waals surface area contributed by atoms with Crippen LogP contribution in [0.5, 0.6) is 11.5 Å². The van der Waals surface area contributed by atoms with Crippen LogP contribution < -0.4 is 14.4 Å². The number of ketones is 1. The maximum absolute atomic E-state index is 13.9. The molecule has 0 amide bonds. The van der Waals surface area contributed by atoms with Gasteiger partial charge in [-0.25, -0.2) is 4.79 Å². The van der Waals surface area contributed by atoms with Crippen LogP contribution in [0.15, 0.2) is 54.7 Å². The number of aliphatic carboxylic acids is 1. The Morgan fingerprint density at radius 3 is 2.07 bits per heavy atom. The molecule has 0 atom stereocenters. The number of nitrogens with one attached hydrogen (secondary N) is 1. The number of hydrogen-bond acceptors (Lipinski definition) is 9. The van der Waals surface area contributed by atoms with Crippen molar-refractivity contribution < 1.29 is 37.3 Å². The molecule has 0 spiro atoms. The molecule has 0 radical (unpaired) electrons. The molecule has 2 aromatic heterocycles. The predicted octanol–water partition coefficient (Wildman–Crippen LogP) is 4.52. The number of pyridine rings is 1. The van der Waals surface area contributed by atoms with Crippen LogP contribution in [0.25, 0.3) is 32.9 Å². The number of aromatic amines is 1. The number of carboxylic acid groups (broad SMARTS) is 1. The number of halogens is 3. The summed E-state index contributed by atoms with van der Waals surface area (Å²) in [6.45, 7) is 0. The number of rotatable bonds is 6. The highest BCUT2D eigenvalue weighted by Crippen LogP contribution is 2.38. The molecule has 3 aromatic carbocycles. The third-order valence-corrected chi connectivity index (χ3v) is 6.06. The number of ether oxygens (including phenoxy) is 2. The van der Waals surface area contributed by atoms with Crippen molar-refractivity contribution >= 4 is 39.0 Å². The number of aromatic nitrogens is 5. The summed E-state index contributed by atoms with van der Waals surface area (Å²) < 4.78 is 42.7. The lowest BCUT2D eigenvalue weighted by atomic mass is 9.95.